The Hall–Kier alpha value is -1.95. The van der Waals surface area contributed by atoms with E-state index in [4.69, 9.17) is 23.8 Å². The predicted octanol–water partition coefficient (Wildman–Crippen LogP) is 4.76. The molecule has 0 amide bonds. The van der Waals surface area contributed by atoms with E-state index in [1.165, 1.54) is 5.56 Å². The number of halogens is 1. The second kappa shape index (κ2) is 7.52. The lowest BCUT2D eigenvalue weighted by atomic mass is 10.2. The summed E-state index contributed by atoms with van der Waals surface area (Å²) in [5.41, 5.74) is 3.43. The van der Waals surface area contributed by atoms with E-state index < -0.39 is 0 Å². The maximum atomic E-state index is 6.06. The van der Waals surface area contributed by atoms with Crippen LogP contribution in [-0.4, -0.2) is 26.3 Å². The predicted molar refractivity (Wildman–Crippen MR) is 105 cm³/mol. The Kier molecular flexibility index (Phi) is 5.37. The third kappa shape index (κ3) is 4.18. The van der Waals surface area contributed by atoms with E-state index in [-0.39, 0.29) is 0 Å². The fraction of sp³-hybridized carbons (Fsp3) is 0.263. The lowest BCUT2D eigenvalue weighted by Gasteiger charge is -2.16. The van der Waals surface area contributed by atoms with Gasteiger partial charge in [-0.1, -0.05) is 41.4 Å². The summed E-state index contributed by atoms with van der Waals surface area (Å²) in [4.78, 5) is 2.16. The third-order valence-corrected chi connectivity index (χ3v) is 4.64. The van der Waals surface area contributed by atoms with Crippen molar-refractivity contribution >= 4 is 23.8 Å². The van der Waals surface area contributed by atoms with Crippen molar-refractivity contribution in [2.24, 2.45) is 0 Å². The van der Waals surface area contributed by atoms with Crippen LogP contribution in [0.15, 0.2) is 48.5 Å². The second-order valence-electron chi connectivity index (χ2n) is 6.29. The molecule has 4 nitrogen and oxygen atoms in total. The molecule has 0 radical (unpaired) electrons. The monoisotopic (exact) mass is 372 g/mol. The fourth-order valence-corrected chi connectivity index (χ4v) is 3.37. The van der Waals surface area contributed by atoms with Crippen molar-refractivity contribution in [2.45, 2.75) is 27.1 Å². The number of nitrogens with zero attached hydrogens (tertiary/aromatic N) is 4. The number of benzene rings is 2. The van der Waals surface area contributed by atoms with Crippen LogP contribution in [0.25, 0.3) is 5.69 Å². The highest BCUT2D eigenvalue weighted by Gasteiger charge is 2.11. The smallest absolute Gasteiger partial charge is 0.203 e. The van der Waals surface area contributed by atoms with Crippen molar-refractivity contribution in [1.29, 1.82) is 0 Å². The standard InChI is InChI=1S/C19H21ClN4S/c1-14-7-9-18(10-8-14)24-15(2)21-23(19(24)25)13-22(3)12-16-5-4-6-17(20)11-16/h4-11H,12-13H2,1-3H3. The molecule has 3 rings (SSSR count). The highest BCUT2D eigenvalue weighted by molar-refractivity contribution is 7.71. The van der Waals surface area contributed by atoms with E-state index in [0.29, 0.717) is 11.4 Å². The molecule has 0 saturated heterocycles. The molecule has 130 valence electrons. The Balaban J connectivity index is 1.80. The number of hydrogen-bond donors (Lipinski definition) is 0. The van der Waals surface area contributed by atoms with Gasteiger partial charge in [-0.15, -0.1) is 0 Å². The molecule has 2 aromatic carbocycles. The molecule has 0 fully saturated rings. The van der Waals surface area contributed by atoms with Crippen LogP contribution in [0.5, 0.6) is 0 Å². The van der Waals surface area contributed by atoms with Gasteiger partial charge in [-0.3, -0.25) is 9.47 Å². The Morgan fingerprint density at radius 2 is 1.84 bits per heavy atom. The maximum Gasteiger partial charge on any atom is 0.203 e. The summed E-state index contributed by atoms with van der Waals surface area (Å²) in [5.74, 6) is 0.880. The molecule has 3 aromatic rings. The summed E-state index contributed by atoms with van der Waals surface area (Å²) >= 11 is 11.7. The van der Waals surface area contributed by atoms with E-state index in [1.807, 2.05) is 41.4 Å². The average molecular weight is 373 g/mol. The first kappa shape index (κ1) is 17.9. The van der Waals surface area contributed by atoms with Gasteiger partial charge in [-0.2, -0.15) is 5.10 Å². The molecule has 0 unspecified atom stereocenters. The Labute approximate surface area is 158 Å². The van der Waals surface area contributed by atoms with Gasteiger partial charge in [0.1, 0.15) is 5.82 Å². The van der Waals surface area contributed by atoms with E-state index in [2.05, 4.69) is 47.3 Å². The molecule has 25 heavy (non-hydrogen) atoms. The minimum absolute atomic E-state index is 0.616. The molecule has 6 heteroatoms. The SMILES string of the molecule is Cc1ccc(-n2c(C)nn(CN(C)Cc3cccc(Cl)c3)c2=S)cc1. The number of aryl methyl sites for hydroxylation is 2. The Bertz CT molecular complexity index is 927. The van der Waals surface area contributed by atoms with Crippen LogP contribution in [0.2, 0.25) is 5.02 Å². The van der Waals surface area contributed by atoms with Gasteiger partial charge in [0, 0.05) is 17.3 Å². The van der Waals surface area contributed by atoms with Crippen LogP contribution in [0.3, 0.4) is 0 Å². The summed E-state index contributed by atoms with van der Waals surface area (Å²) in [6.07, 6.45) is 0. The lowest BCUT2D eigenvalue weighted by Crippen LogP contribution is -2.22. The van der Waals surface area contributed by atoms with Gasteiger partial charge in [0.05, 0.1) is 6.67 Å². The van der Waals surface area contributed by atoms with Crippen LogP contribution in [-0.2, 0) is 13.2 Å². The molecule has 0 aliphatic rings. The molecular weight excluding hydrogens is 352 g/mol. The van der Waals surface area contributed by atoms with Crippen LogP contribution in [0.4, 0.5) is 0 Å². The average Bonchev–Trinajstić information content (AvgIpc) is 2.82. The summed E-state index contributed by atoms with van der Waals surface area (Å²) in [6, 6.07) is 16.2. The van der Waals surface area contributed by atoms with Crippen LogP contribution < -0.4 is 0 Å². The molecule has 1 aromatic heterocycles. The first-order chi connectivity index (χ1) is 11.9. The number of hydrogen-bond acceptors (Lipinski definition) is 3. The minimum Gasteiger partial charge on any atom is -0.283 e. The minimum atomic E-state index is 0.616. The van der Waals surface area contributed by atoms with E-state index in [0.717, 1.165) is 28.6 Å². The number of rotatable bonds is 5. The van der Waals surface area contributed by atoms with Crippen molar-refractivity contribution in [3.63, 3.8) is 0 Å². The lowest BCUT2D eigenvalue weighted by molar-refractivity contribution is 0.244. The van der Waals surface area contributed by atoms with Gasteiger partial charge in [-0.25, -0.2) is 4.68 Å². The van der Waals surface area contributed by atoms with E-state index in [9.17, 15) is 0 Å². The van der Waals surface area contributed by atoms with Gasteiger partial charge in [0.25, 0.3) is 0 Å². The molecule has 0 aliphatic heterocycles. The van der Waals surface area contributed by atoms with Gasteiger partial charge in [0.2, 0.25) is 4.77 Å². The normalized spacial score (nSPS) is 11.2. The van der Waals surface area contributed by atoms with Crippen LogP contribution in [0.1, 0.15) is 17.0 Å². The van der Waals surface area contributed by atoms with Gasteiger partial charge in [-0.05, 0) is 62.9 Å². The summed E-state index contributed by atoms with van der Waals surface area (Å²) in [6.45, 7) is 5.44. The molecule has 0 bridgehead atoms. The molecule has 0 atom stereocenters. The largest absolute Gasteiger partial charge is 0.283 e. The molecule has 0 spiro atoms. The quantitative estimate of drug-likeness (QED) is 0.604. The van der Waals surface area contributed by atoms with Gasteiger partial charge >= 0.3 is 0 Å². The summed E-state index contributed by atoms with van der Waals surface area (Å²) in [7, 11) is 2.04. The third-order valence-electron chi connectivity index (χ3n) is 4.01. The van der Waals surface area contributed by atoms with E-state index >= 15 is 0 Å². The first-order valence-corrected chi connectivity index (χ1v) is 8.89. The van der Waals surface area contributed by atoms with Gasteiger partial charge < -0.3 is 0 Å². The Morgan fingerprint density at radius 3 is 2.52 bits per heavy atom. The van der Waals surface area contributed by atoms with Crippen LogP contribution >= 0.6 is 23.8 Å². The van der Waals surface area contributed by atoms with Crippen molar-refractivity contribution < 1.29 is 0 Å². The molecule has 0 saturated carbocycles. The van der Waals surface area contributed by atoms with Crippen molar-refractivity contribution in [1.82, 2.24) is 19.2 Å². The van der Waals surface area contributed by atoms with E-state index in [1.54, 1.807) is 0 Å². The summed E-state index contributed by atoms with van der Waals surface area (Å²) < 4.78 is 4.55. The van der Waals surface area contributed by atoms with Crippen molar-refractivity contribution in [3.8, 4) is 5.69 Å². The molecule has 0 N–H and O–H groups in total. The number of aromatic nitrogens is 3. The molecule has 0 aliphatic carbocycles. The second-order valence-corrected chi connectivity index (χ2v) is 7.09. The zero-order valence-corrected chi connectivity index (χ0v) is 16.2. The van der Waals surface area contributed by atoms with Crippen molar-refractivity contribution in [2.75, 3.05) is 7.05 Å². The summed E-state index contributed by atoms with van der Waals surface area (Å²) in [5, 5.41) is 5.37. The highest BCUT2D eigenvalue weighted by Crippen LogP contribution is 2.15. The molecule has 1 heterocycles. The fourth-order valence-electron chi connectivity index (χ4n) is 2.82. The maximum absolute atomic E-state index is 6.06. The van der Waals surface area contributed by atoms with Crippen LogP contribution in [0, 0.1) is 18.6 Å². The topological polar surface area (TPSA) is 26.0 Å². The zero-order valence-electron chi connectivity index (χ0n) is 14.6. The van der Waals surface area contributed by atoms with Gasteiger partial charge in [0.15, 0.2) is 0 Å². The van der Waals surface area contributed by atoms with Crippen molar-refractivity contribution in [3.05, 3.63) is 75.3 Å². The molecular formula is C19H21ClN4S. The Morgan fingerprint density at radius 1 is 1.12 bits per heavy atom. The first-order valence-electron chi connectivity index (χ1n) is 8.10. The zero-order chi connectivity index (χ0) is 18.0. The highest BCUT2D eigenvalue weighted by atomic mass is 35.5.